The summed E-state index contributed by atoms with van der Waals surface area (Å²) in [6, 6.07) is 6.54. The van der Waals surface area contributed by atoms with Crippen molar-refractivity contribution in [1.29, 1.82) is 0 Å². The molecule has 7 nitrogen and oxygen atoms in total. The highest BCUT2D eigenvalue weighted by molar-refractivity contribution is 5.93. The molecule has 0 aliphatic rings. The number of nitrogens with zero attached hydrogens (tertiary/aromatic N) is 2. The minimum absolute atomic E-state index is 0.142. The van der Waals surface area contributed by atoms with Gasteiger partial charge in [0.15, 0.2) is 5.69 Å². The minimum Gasteiger partial charge on any atom is -0.476 e. The molecule has 1 aromatic heterocycles. The van der Waals surface area contributed by atoms with Gasteiger partial charge in [0.05, 0.1) is 12.4 Å². The Morgan fingerprint density at radius 3 is 2.58 bits per heavy atom. The number of carboxylic acids is 1. The zero-order chi connectivity index (χ0) is 13.8. The topological polar surface area (TPSA) is 118 Å². The first kappa shape index (κ1) is 12.5. The number of primary amides is 1. The number of carbonyl (C=O) groups excluding carboxylic acids is 1. The summed E-state index contributed by atoms with van der Waals surface area (Å²) in [5.41, 5.74) is 5.99. The van der Waals surface area contributed by atoms with Crippen molar-refractivity contribution in [2.45, 2.75) is 0 Å². The smallest absolute Gasteiger partial charge is 0.356 e. The summed E-state index contributed by atoms with van der Waals surface area (Å²) < 4.78 is 0. The lowest BCUT2D eigenvalue weighted by Crippen LogP contribution is -2.11. The fourth-order valence-corrected chi connectivity index (χ4v) is 1.40. The summed E-state index contributed by atoms with van der Waals surface area (Å²) in [5.74, 6) is -1.31. The fraction of sp³-hybridized carbons (Fsp3) is 0. The van der Waals surface area contributed by atoms with Gasteiger partial charge in [-0.2, -0.15) is 0 Å². The van der Waals surface area contributed by atoms with Crippen molar-refractivity contribution in [2.75, 3.05) is 5.32 Å². The largest absolute Gasteiger partial charge is 0.476 e. The van der Waals surface area contributed by atoms with Gasteiger partial charge in [-0.15, -0.1) is 0 Å². The van der Waals surface area contributed by atoms with Crippen LogP contribution in [0.25, 0.3) is 0 Å². The Morgan fingerprint density at radius 1 is 1.21 bits per heavy atom. The van der Waals surface area contributed by atoms with Crippen molar-refractivity contribution in [1.82, 2.24) is 9.97 Å². The van der Waals surface area contributed by atoms with Gasteiger partial charge in [-0.25, -0.2) is 14.8 Å². The van der Waals surface area contributed by atoms with Gasteiger partial charge in [0.1, 0.15) is 5.82 Å². The Morgan fingerprint density at radius 2 is 2.00 bits per heavy atom. The number of benzene rings is 1. The van der Waals surface area contributed by atoms with Crippen LogP contribution in [-0.4, -0.2) is 27.0 Å². The lowest BCUT2D eigenvalue weighted by atomic mass is 10.2. The normalized spacial score (nSPS) is 9.89. The van der Waals surface area contributed by atoms with Crippen molar-refractivity contribution in [3.8, 4) is 0 Å². The first-order chi connectivity index (χ1) is 9.06. The Bertz CT molecular complexity index is 625. The Kier molecular flexibility index (Phi) is 3.37. The molecule has 96 valence electrons. The second kappa shape index (κ2) is 5.13. The molecule has 0 saturated heterocycles. The number of nitrogens with one attached hydrogen (secondary N) is 1. The number of nitrogens with two attached hydrogens (primary N) is 1. The van der Waals surface area contributed by atoms with E-state index < -0.39 is 11.9 Å². The molecule has 0 radical (unpaired) electrons. The van der Waals surface area contributed by atoms with Crippen LogP contribution in [0.2, 0.25) is 0 Å². The van der Waals surface area contributed by atoms with Gasteiger partial charge in [-0.1, -0.05) is 6.07 Å². The average Bonchev–Trinajstić information content (AvgIpc) is 2.39. The zero-order valence-corrected chi connectivity index (χ0v) is 9.70. The van der Waals surface area contributed by atoms with E-state index in [4.69, 9.17) is 10.8 Å². The van der Waals surface area contributed by atoms with Crippen LogP contribution >= 0.6 is 0 Å². The molecule has 0 bridgehead atoms. The maximum absolute atomic E-state index is 11.0. The predicted molar refractivity (Wildman–Crippen MR) is 67.2 cm³/mol. The van der Waals surface area contributed by atoms with Crippen molar-refractivity contribution < 1.29 is 14.7 Å². The van der Waals surface area contributed by atoms with Crippen LogP contribution in [0.3, 0.4) is 0 Å². The molecular weight excluding hydrogens is 248 g/mol. The minimum atomic E-state index is -1.14. The van der Waals surface area contributed by atoms with Gasteiger partial charge in [0.25, 0.3) is 0 Å². The van der Waals surface area contributed by atoms with Crippen molar-refractivity contribution in [3.63, 3.8) is 0 Å². The maximum Gasteiger partial charge on any atom is 0.356 e. The van der Waals surface area contributed by atoms with Gasteiger partial charge in [0, 0.05) is 11.3 Å². The lowest BCUT2D eigenvalue weighted by Gasteiger charge is -2.06. The van der Waals surface area contributed by atoms with Crippen LogP contribution in [0.5, 0.6) is 0 Å². The second-order valence-electron chi connectivity index (χ2n) is 3.66. The van der Waals surface area contributed by atoms with Crippen molar-refractivity contribution in [2.24, 2.45) is 5.73 Å². The van der Waals surface area contributed by atoms with E-state index in [1.165, 1.54) is 6.20 Å². The summed E-state index contributed by atoms with van der Waals surface area (Å²) in [4.78, 5) is 29.3. The number of amides is 1. The summed E-state index contributed by atoms with van der Waals surface area (Å²) in [7, 11) is 0. The number of aromatic carboxylic acids is 1. The molecule has 0 unspecified atom stereocenters. The van der Waals surface area contributed by atoms with E-state index in [0.717, 1.165) is 6.20 Å². The molecule has 2 rings (SSSR count). The van der Waals surface area contributed by atoms with E-state index in [2.05, 4.69) is 15.3 Å². The third-order valence-corrected chi connectivity index (χ3v) is 2.29. The molecule has 1 aromatic carbocycles. The molecule has 4 N–H and O–H groups in total. The van der Waals surface area contributed by atoms with E-state index in [1.807, 2.05) is 0 Å². The zero-order valence-electron chi connectivity index (χ0n) is 9.70. The molecule has 0 fully saturated rings. The Hall–Kier alpha value is -2.96. The van der Waals surface area contributed by atoms with Gasteiger partial charge in [0.2, 0.25) is 5.91 Å². The van der Waals surface area contributed by atoms with Crippen LogP contribution < -0.4 is 11.1 Å². The SMILES string of the molecule is NC(=O)c1cccc(Nc2cnc(C(=O)O)cn2)c1. The monoisotopic (exact) mass is 258 g/mol. The Balaban J connectivity index is 2.19. The third-order valence-electron chi connectivity index (χ3n) is 2.29. The molecule has 0 aliphatic carbocycles. The van der Waals surface area contributed by atoms with Crippen LogP contribution in [-0.2, 0) is 0 Å². The summed E-state index contributed by atoms with van der Waals surface area (Å²) in [6.45, 7) is 0. The third kappa shape index (κ3) is 3.03. The number of carbonyl (C=O) groups is 2. The van der Waals surface area contributed by atoms with Crippen LogP contribution in [0, 0.1) is 0 Å². The highest BCUT2D eigenvalue weighted by atomic mass is 16.4. The van der Waals surface area contributed by atoms with Crippen LogP contribution in [0.15, 0.2) is 36.7 Å². The fourth-order valence-electron chi connectivity index (χ4n) is 1.40. The molecule has 19 heavy (non-hydrogen) atoms. The molecule has 0 spiro atoms. The number of rotatable bonds is 4. The first-order valence-corrected chi connectivity index (χ1v) is 5.28. The number of hydrogen-bond donors (Lipinski definition) is 3. The van der Waals surface area contributed by atoms with Gasteiger partial charge in [-0.05, 0) is 18.2 Å². The molecular formula is C12H10N4O3. The molecule has 1 heterocycles. The number of aromatic nitrogens is 2. The van der Waals surface area contributed by atoms with E-state index >= 15 is 0 Å². The molecule has 1 amide bonds. The highest BCUT2D eigenvalue weighted by Crippen LogP contribution is 2.15. The van der Waals surface area contributed by atoms with Crippen molar-refractivity contribution >= 4 is 23.4 Å². The molecule has 7 heteroatoms. The van der Waals surface area contributed by atoms with E-state index in [-0.39, 0.29) is 5.69 Å². The number of carboxylic acid groups (broad SMARTS) is 1. The van der Waals surface area contributed by atoms with Gasteiger partial charge < -0.3 is 16.2 Å². The summed E-state index contributed by atoms with van der Waals surface area (Å²) in [5, 5.41) is 11.6. The van der Waals surface area contributed by atoms with Gasteiger partial charge in [-0.3, -0.25) is 4.79 Å². The second-order valence-corrected chi connectivity index (χ2v) is 3.66. The van der Waals surface area contributed by atoms with E-state index in [1.54, 1.807) is 24.3 Å². The molecule has 0 atom stereocenters. The first-order valence-electron chi connectivity index (χ1n) is 5.28. The highest BCUT2D eigenvalue weighted by Gasteiger charge is 2.06. The lowest BCUT2D eigenvalue weighted by molar-refractivity contribution is 0.0690. The van der Waals surface area contributed by atoms with E-state index in [0.29, 0.717) is 17.1 Å². The molecule has 0 aliphatic heterocycles. The van der Waals surface area contributed by atoms with Crippen LogP contribution in [0.1, 0.15) is 20.8 Å². The average molecular weight is 258 g/mol. The standard InChI is InChI=1S/C12H10N4O3/c13-11(17)7-2-1-3-8(4-7)16-10-6-14-9(5-15-10)12(18)19/h1-6H,(H2,13,17)(H,15,16)(H,18,19). The number of anilines is 2. The van der Waals surface area contributed by atoms with Crippen molar-refractivity contribution in [3.05, 3.63) is 47.9 Å². The predicted octanol–water partition coefficient (Wildman–Crippen LogP) is 1.02. The molecule has 0 saturated carbocycles. The number of hydrogen-bond acceptors (Lipinski definition) is 5. The summed E-state index contributed by atoms with van der Waals surface area (Å²) >= 11 is 0. The quantitative estimate of drug-likeness (QED) is 0.753. The van der Waals surface area contributed by atoms with Crippen LogP contribution in [0.4, 0.5) is 11.5 Å². The maximum atomic E-state index is 11.0. The Labute approximate surface area is 108 Å². The van der Waals surface area contributed by atoms with E-state index in [9.17, 15) is 9.59 Å². The molecule has 2 aromatic rings. The van der Waals surface area contributed by atoms with Gasteiger partial charge >= 0.3 is 5.97 Å². The summed E-state index contributed by atoms with van der Waals surface area (Å²) in [6.07, 6.45) is 2.43.